The van der Waals surface area contributed by atoms with E-state index in [-0.39, 0.29) is 12.5 Å². The van der Waals surface area contributed by atoms with E-state index in [4.69, 9.17) is 5.11 Å². The van der Waals surface area contributed by atoms with Crippen LogP contribution in [0.5, 0.6) is 0 Å². The van der Waals surface area contributed by atoms with Crippen LogP contribution in [-0.4, -0.2) is 17.6 Å². The Bertz CT molecular complexity index is 621. The van der Waals surface area contributed by atoms with E-state index in [1.165, 1.54) is 15.3 Å². The van der Waals surface area contributed by atoms with E-state index in [9.17, 15) is 4.79 Å². The number of rotatable bonds is 6. The van der Waals surface area contributed by atoms with E-state index < -0.39 is 5.97 Å². The van der Waals surface area contributed by atoms with Gasteiger partial charge in [-0.05, 0) is 44.5 Å². The lowest BCUT2D eigenvalue weighted by molar-refractivity contribution is -0.136. The van der Waals surface area contributed by atoms with Gasteiger partial charge >= 0.3 is 5.97 Å². The smallest absolute Gasteiger partial charge is 0.305 e. The minimum Gasteiger partial charge on any atom is -0.481 e. The number of benzene rings is 1. The first-order valence-electron chi connectivity index (χ1n) is 7.09. The van der Waals surface area contributed by atoms with E-state index in [0.29, 0.717) is 6.54 Å². The average Bonchev–Trinajstić information content (AvgIpc) is 2.87. The van der Waals surface area contributed by atoms with Crippen molar-refractivity contribution in [2.24, 2.45) is 0 Å². The number of carboxylic acid groups (broad SMARTS) is 1. The van der Waals surface area contributed by atoms with Crippen LogP contribution in [0, 0.1) is 13.8 Å². The summed E-state index contributed by atoms with van der Waals surface area (Å²) in [5.74, 6) is -0.761. The van der Waals surface area contributed by atoms with Gasteiger partial charge in [0.2, 0.25) is 0 Å². The van der Waals surface area contributed by atoms with Gasteiger partial charge in [-0.1, -0.05) is 18.2 Å². The average molecular weight is 303 g/mol. The molecule has 0 fully saturated rings. The van der Waals surface area contributed by atoms with E-state index in [1.54, 1.807) is 11.3 Å². The van der Waals surface area contributed by atoms with Crippen molar-refractivity contribution < 1.29 is 9.90 Å². The molecule has 1 heterocycles. The maximum atomic E-state index is 11.0. The monoisotopic (exact) mass is 303 g/mol. The molecule has 1 atom stereocenters. The summed E-state index contributed by atoms with van der Waals surface area (Å²) >= 11 is 1.77. The summed E-state index contributed by atoms with van der Waals surface area (Å²) in [6.45, 7) is 6.81. The molecule has 1 unspecified atom stereocenters. The number of carboxylic acids is 1. The lowest BCUT2D eigenvalue weighted by Crippen LogP contribution is -2.29. The zero-order chi connectivity index (χ0) is 15.4. The molecule has 0 saturated carbocycles. The molecule has 0 aliphatic rings. The zero-order valence-corrected chi connectivity index (χ0v) is 13.5. The molecule has 2 rings (SSSR count). The topological polar surface area (TPSA) is 40.5 Å². The summed E-state index contributed by atoms with van der Waals surface area (Å²) in [4.78, 5) is 15.7. The van der Waals surface area contributed by atoms with Crippen molar-refractivity contribution in [3.05, 3.63) is 51.7 Å². The van der Waals surface area contributed by atoms with Gasteiger partial charge in [-0.3, -0.25) is 4.79 Å². The lowest BCUT2D eigenvalue weighted by atomic mass is 10.1. The van der Waals surface area contributed by atoms with Gasteiger partial charge in [-0.25, -0.2) is 0 Å². The fraction of sp³-hybridized carbons (Fsp3) is 0.353. The van der Waals surface area contributed by atoms with Crippen LogP contribution in [0.2, 0.25) is 0 Å². The maximum absolute atomic E-state index is 11.0. The van der Waals surface area contributed by atoms with Crippen LogP contribution in [0.15, 0.2) is 36.4 Å². The van der Waals surface area contributed by atoms with Crippen LogP contribution >= 0.6 is 11.3 Å². The van der Waals surface area contributed by atoms with E-state index in [0.717, 1.165) is 5.69 Å². The molecule has 4 heteroatoms. The Kier molecular flexibility index (Phi) is 5.02. The number of hydrogen-bond donors (Lipinski definition) is 1. The Hall–Kier alpha value is -1.81. The predicted molar refractivity (Wildman–Crippen MR) is 88.2 cm³/mol. The molecular formula is C17H21NO2S. The Morgan fingerprint density at radius 1 is 1.24 bits per heavy atom. The van der Waals surface area contributed by atoms with Crippen LogP contribution in [0.1, 0.15) is 34.7 Å². The van der Waals surface area contributed by atoms with Gasteiger partial charge in [0.15, 0.2) is 0 Å². The highest BCUT2D eigenvalue weighted by Gasteiger charge is 2.19. The van der Waals surface area contributed by atoms with Gasteiger partial charge in [-0.2, -0.15) is 0 Å². The van der Waals surface area contributed by atoms with Crippen molar-refractivity contribution >= 4 is 23.0 Å². The Morgan fingerprint density at radius 3 is 2.52 bits per heavy atom. The molecular weight excluding hydrogens is 282 g/mol. The highest BCUT2D eigenvalue weighted by Crippen LogP contribution is 2.32. The van der Waals surface area contributed by atoms with Crippen molar-refractivity contribution in [1.29, 1.82) is 0 Å². The van der Waals surface area contributed by atoms with Crippen molar-refractivity contribution in [1.82, 2.24) is 0 Å². The molecule has 21 heavy (non-hydrogen) atoms. The first-order chi connectivity index (χ1) is 9.99. The highest BCUT2D eigenvalue weighted by molar-refractivity contribution is 7.12. The minimum absolute atomic E-state index is 0.142. The highest BCUT2D eigenvalue weighted by atomic mass is 32.1. The molecule has 0 radical (unpaired) electrons. The standard InChI is InChI=1S/C17H21NO2S/c1-12-6-4-5-7-15(12)18(11-10-17(19)20)14(3)16-9-8-13(2)21-16/h4-9,14H,10-11H2,1-3H3,(H,19,20). The summed E-state index contributed by atoms with van der Waals surface area (Å²) in [7, 11) is 0. The number of hydrogen-bond acceptors (Lipinski definition) is 3. The second-order valence-electron chi connectivity index (χ2n) is 5.25. The maximum Gasteiger partial charge on any atom is 0.305 e. The van der Waals surface area contributed by atoms with Crippen LogP contribution in [-0.2, 0) is 4.79 Å². The van der Waals surface area contributed by atoms with Gasteiger partial charge in [-0.15, -0.1) is 11.3 Å². The number of thiophene rings is 1. The molecule has 0 aliphatic heterocycles. The number of nitrogens with zero attached hydrogens (tertiary/aromatic N) is 1. The second kappa shape index (κ2) is 6.76. The van der Waals surface area contributed by atoms with Gasteiger partial charge in [0.1, 0.15) is 0 Å². The van der Waals surface area contributed by atoms with Crippen LogP contribution in [0.4, 0.5) is 5.69 Å². The number of anilines is 1. The minimum atomic E-state index is -0.761. The quantitative estimate of drug-likeness (QED) is 0.859. The molecule has 0 saturated heterocycles. The second-order valence-corrected chi connectivity index (χ2v) is 6.57. The molecule has 1 N–H and O–H groups in total. The fourth-order valence-electron chi connectivity index (χ4n) is 2.46. The van der Waals surface area contributed by atoms with Crippen LogP contribution in [0.25, 0.3) is 0 Å². The van der Waals surface area contributed by atoms with Crippen LogP contribution in [0.3, 0.4) is 0 Å². The summed E-state index contributed by atoms with van der Waals surface area (Å²) in [5.41, 5.74) is 2.28. The first-order valence-corrected chi connectivity index (χ1v) is 7.91. The molecule has 0 bridgehead atoms. The summed E-state index contributed by atoms with van der Waals surface area (Å²) in [5, 5.41) is 9.01. The third-order valence-corrected chi connectivity index (χ3v) is 4.80. The van der Waals surface area contributed by atoms with Gasteiger partial charge < -0.3 is 10.0 Å². The summed E-state index contributed by atoms with van der Waals surface area (Å²) in [6.07, 6.45) is 0.142. The van der Waals surface area contributed by atoms with Crippen molar-refractivity contribution in [3.63, 3.8) is 0 Å². The molecule has 0 spiro atoms. The van der Waals surface area contributed by atoms with Gasteiger partial charge in [0.25, 0.3) is 0 Å². The van der Waals surface area contributed by atoms with E-state index in [1.807, 2.05) is 12.1 Å². The van der Waals surface area contributed by atoms with Gasteiger partial charge in [0, 0.05) is 22.0 Å². The number of carbonyl (C=O) groups is 1. The molecule has 112 valence electrons. The van der Waals surface area contributed by atoms with E-state index in [2.05, 4.69) is 49.9 Å². The van der Waals surface area contributed by atoms with Crippen molar-refractivity contribution in [3.8, 4) is 0 Å². The summed E-state index contributed by atoms with van der Waals surface area (Å²) < 4.78 is 0. The normalized spacial score (nSPS) is 12.1. The largest absolute Gasteiger partial charge is 0.481 e. The van der Waals surface area contributed by atoms with Gasteiger partial charge in [0.05, 0.1) is 12.5 Å². The predicted octanol–water partition coefficient (Wildman–Crippen LogP) is 4.41. The SMILES string of the molecule is Cc1ccc(C(C)N(CCC(=O)O)c2ccccc2C)s1. The van der Waals surface area contributed by atoms with Crippen molar-refractivity contribution in [2.75, 3.05) is 11.4 Å². The summed E-state index contributed by atoms with van der Waals surface area (Å²) in [6, 6.07) is 12.6. The molecule has 1 aromatic carbocycles. The molecule has 0 aliphatic carbocycles. The van der Waals surface area contributed by atoms with E-state index >= 15 is 0 Å². The molecule has 3 nitrogen and oxygen atoms in total. The number of aliphatic carboxylic acids is 1. The third-order valence-electron chi connectivity index (χ3n) is 3.63. The third kappa shape index (κ3) is 3.85. The van der Waals surface area contributed by atoms with Crippen LogP contribution < -0.4 is 4.90 Å². The number of aryl methyl sites for hydroxylation is 2. The van der Waals surface area contributed by atoms with Crippen molar-refractivity contribution in [2.45, 2.75) is 33.2 Å². The Labute approximate surface area is 129 Å². The number of para-hydroxylation sites is 1. The molecule has 2 aromatic rings. The zero-order valence-electron chi connectivity index (χ0n) is 12.7. The molecule has 1 aromatic heterocycles. The fourth-order valence-corrected chi connectivity index (χ4v) is 3.40. The first kappa shape index (κ1) is 15.6. The lowest BCUT2D eigenvalue weighted by Gasteiger charge is -2.31. The molecule has 0 amide bonds. The Morgan fingerprint density at radius 2 is 1.95 bits per heavy atom. The Balaban J connectivity index is 2.31.